The van der Waals surface area contributed by atoms with Crippen molar-refractivity contribution in [2.24, 2.45) is 0 Å². The van der Waals surface area contributed by atoms with Gasteiger partial charge in [-0.1, -0.05) is 30.3 Å². The molecule has 3 N–H and O–H groups in total. The highest BCUT2D eigenvalue weighted by Gasteiger charge is 2.15. The molecule has 0 aliphatic heterocycles. The second-order valence-electron chi connectivity index (χ2n) is 5.99. The largest absolute Gasteiger partial charge is 0.393 e. The van der Waals surface area contributed by atoms with E-state index in [4.69, 9.17) is 0 Å². The Bertz CT molecular complexity index is 656. The molecule has 2 atom stereocenters. The summed E-state index contributed by atoms with van der Waals surface area (Å²) in [5, 5.41) is 16.4. The number of carbonyl (C=O) groups is 1. The maximum atomic E-state index is 12.0. The summed E-state index contributed by atoms with van der Waals surface area (Å²) in [7, 11) is 0. The Hall–Kier alpha value is -1.92. The number of rotatable bonds is 7. The molecule has 0 aliphatic carbocycles. The lowest BCUT2D eigenvalue weighted by Gasteiger charge is -2.19. The minimum Gasteiger partial charge on any atom is -0.393 e. The number of amides is 2. The fourth-order valence-corrected chi connectivity index (χ4v) is 3.49. The topological polar surface area (TPSA) is 74.2 Å². The van der Waals surface area contributed by atoms with E-state index >= 15 is 0 Å². The van der Waals surface area contributed by atoms with E-state index in [0.29, 0.717) is 19.5 Å². The third kappa shape index (κ3) is 5.62. The molecule has 0 saturated carbocycles. The lowest BCUT2D eigenvalue weighted by Crippen LogP contribution is -2.38. The van der Waals surface area contributed by atoms with Gasteiger partial charge in [0.05, 0.1) is 23.4 Å². The number of aliphatic hydroxyl groups is 1. The van der Waals surface area contributed by atoms with Gasteiger partial charge >= 0.3 is 6.03 Å². The van der Waals surface area contributed by atoms with Crippen LogP contribution >= 0.6 is 11.3 Å². The van der Waals surface area contributed by atoms with Crippen LogP contribution < -0.4 is 10.6 Å². The first-order valence-electron chi connectivity index (χ1n) is 8.13. The lowest BCUT2D eigenvalue weighted by molar-refractivity contribution is 0.173. The van der Waals surface area contributed by atoms with E-state index < -0.39 is 6.10 Å². The summed E-state index contributed by atoms with van der Waals surface area (Å²) in [4.78, 5) is 17.6. The molecule has 2 amide bonds. The Kier molecular flexibility index (Phi) is 6.75. The molecule has 0 fully saturated rings. The first-order chi connectivity index (χ1) is 11.5. The molecule has 0 radical (unpaired) electrons. The van der Waals surface area contributed by atoms with Crippen LogP contribution in [0.1, 0.15) is 40.4 Å². The van der Waals surface area contributed by atoms with Gasteiger partial charge in [-0.15, -0.1) is 11.3 Å². The highest BCUT2D eigenvalue weighted by atomic mass is 32.1. The monoisotopic (exact) mass is 347 g/mol. The number of benzene rings is 1. The van der Waals surface area contributed by atoms with Crippen molar-refractivity contribution in [3.8, 4) is 0 Å². The molecular formula is C18H25N3O2S. The maximum absolute atomic E-state index is 12.0. The third-order valence-corrected chi connectivity index (χ3v) is 4.75. The SMILES string of the molecule is Cc1nc(CNC(=O)NCC(CC(C)O)c2ccccc2)c(C)s1. The molecule has 6 heteroatoms. The average molecular weight is 347 g/mol. The molecule has 1 heterocycles. The molecule has 0 bridgehead atoms. The zero-order valence-corrected chi connectivity index (χ0v) is 15.2. The van der Waals surface area contributed by atoms with Gasteiger partial charge < -0.3 is 15.7 Å². The molecule has 2 unspecified atom stereocenters. The molecule has 0 aliphatic rings. The van der Waals surface area contributed by atoms with E-state index in [2.05, 4.69) is 15.6 Å². The van der Waals surface area contributed by atoms with Crippen molar-refractivity contribution in [3.63, 3.8) is 0 Å². The van der Waals surface area contributed by atoms with Gasteiger partial charge in [0.25, 0.3) is 0 Å². The molecule has 0 saturated heterocycles. The molecule has 24 heavy (non-hydrogen) atoms. The Morgan fingerprint density at radius 1 is 1.25 bits per heavy atom. The van der Waals surface area contributed by atoms with Gasteiger partial charge in [0.15, 0.2) is 0 Å². The first kappa shape index (κ1) is 18.4. The van der Waals surface area contributed by atoms with Gasteiger partial charge in [-0.25, -0.2) is 9.78 Å². The van der Waals surface area contributed by atoms with E-state index in [9.17, 15) is 9.90 Å². The molecule has 130 valence electrons. The third-order valence-electron chi connectivity index (χ3n) is 3.82. The Morgan fingerprint density at radius 2 is 1.96 bits per heavy atom. The molecular weight excluding hydrogens is 322 g/mol. The number of hydrogen-bond donors (Lipinski definition) is 3. The van der Waals surface area contributed by atoms with Gasteiger partial charge in [-0.3, -0.25) is 0 Å². The predicted octanol–water partition coefficient (Wildman–Crippen LogP) is 3.11. The summed E-state index contributed by atoms with van der Waals surface area (Å²) < 4.78 is 0. The number of aryl methyl sites for hydroxylation is 2. The highest BCUT2D eigenvalue weighted by Crippen LogP contribution is 2.20. The minimum absolute atomic E-state index is 0.0835. The molecule has 1 aromatic carbocycles. The van der Waals surface area contributed by atoms with E-state index in [0.717, 1.165) is 21.1 Å². The van der Waals surface area contributed by atoms with Crippen LogP contribution in [-0.2, 0) is 6.54 Å². The van der Waals surface area contributed by atoms with Crippen LogP contribution in [0.15, 0.2) is 30.3 Å². The fraction of sp³-hybridized carbons (Fsp3) is 0.444. The molecule has 2 aromatic rings. The number of aromatic nitrogens is 1. The number of nitrogens with zero attached hydrogens (tertiary/aromatic N) is 1. The number of aliphatic hydroxyl groups excluding tert-OH is 1. The first-order valence-corrected chi connectivity index (χ1v) is 8.95. The van der Waals surface area contributed by atoms with E-state index in [1.165, 1.54) is 0 Å². The van der Waals surface area contributed by atoms with Crippen LogP contribution in [0.4, 0.5) is 4.79 Å². The summed E-state index contributed by atoms with van der Waals surface area (Å²) >= 11 is 1.63. The second kappa shape index (κ2) is 8.80. The van der Waals surface area contributed by atoms with E-state index in [1.807, 2.05) is 44.2 Å². The Balaban J connectivity index is 1.86. The normalized spacial score (nSPS) is 13.3. The van der Waals surface area contributed by atoms with Crippen LogP contribution in [0.3, 0.4) is 0 Å². The van der Waals surface area contributed by atoms with Gasteiger partial charge in [0, 0.05) is 17.3 Å². The molecule has 5 nitrogen and oxygen atoms in total. The quantitative estimate of drug-likeness (QED) is 0.720. The summed E-state index contributed by atoms with van der Waals surface area (Å²) in [6, 6.07) is 9.73. The van der Waals surface area contributed by atoms with Crippen molar-refractivity contribution in [3.05, 3.63) is 51.5 Å². The van der Waals surface area contributed by atoms with Crippen molar-refractivity contribution in [1.29, 1.82) is 0 Å². The van der Waals surface area contributed by atoms with Gasteiger partial charge in [0.2, 0.25) is 0 Å². The van der Waals surface area contributed by atoms with Gasteiger partial charge in [-0.2, -0.15) is 0 Å². The highest BCUT2D eigenvalue weighted by molar-refractivity contribution is 7.11. The number of carbonyl (C=O) groups excluding carboxylic acids is 1. The average Bonchev–Trinajstić information content (AvgIpc) is 2.87. The van der Waals surface area contributed by atoms with Crippen molar-refractivity contribution in [2.45, 2.75) is 45.8 Å². The van der Waals surface area contributed by atoms with Crippen LogP contribution in [0, 0.1) is 13.8 Å². The number of urea groups is 1. The van der Waals surface area contributed by atoms with Crippen LogP contribution in [0.2, 0.25) is 0 Å². The van der Waals surface area contributed by atoms with Crippen LogP contribution in [-0.4, -0.2) is 28.8 Å². The van der Waals surface area contributed by atoms with Crippen molar-refractivity contribution < 1.29 is 9.90 Å². The second-order valence-corrected chi connectivity index (χ2v) is 7.40. The number of nitrogens with one attached hydrogen (secondary N) is 2. The predicted molar refractivity (Wildman–Crippen MR) is 97.3 cm³/mol. The van der Waals surface area contributed by atoms with Crippen molar-refractivity contribution >= 4 is 17.4 Å². The summed E-state index contributed by atoms with van der Waals surface area (Å²) in [6.07, 6.45) is 0.190. The number of thiazole rings is 1. The summed E-state index contributed by atoms with van der Waals surface area (Å²) in [6.45, 7) is 6.64. The molecule has 0 spiro atoms. The fourth-order valence-electron chi connectivity index (χ4n) is 2.65. The standard InChI is InChI=1S/C18H25N3O2S/c1-12(22)9-16(15-7-5-4-6-8-15)10-19-18(23)20-11-17-13(2)24-14(3)21-17/h4-8,12,16,22H,9-11H2,1-3H3,(H2,19,20,23). The zero-order valence-electron chi connectivity index (χ0n) is 14.4. The summed E-state index contributed by atoms with van der Waals surface area (Å²) in [5.74, 6) is 0.0835. The zero-order chi connectivity index (χ0) is 17.5. The Labute approximate surface area is 147 Å². The summed E-state index contributed by atoms with van der Waals surface area (Å²) in [5.41, 5.74) is 2.03. The molecule has 2 rings (SSSR count). The van der Waals surface area contributed by atoms with Gasteiger partial charge in [0.1, 0.15) is 0 Å². The maximum Gasteiger partial charge on any atom is 0.315 e. The lowest BCUT2D eigenvalue weighted by atomic mass is 9.93. The van der Waals surface area contributed by atoms with E-state index in [-0.39, 0.29) is 11.9 Å². The number of hydrogen-bond acceptors (Lipinski definition) is 4. The van der Waals surface area contributed by atoms with E-state index in [1.54, 1.807) is 18.3 Å². The van der Waals surface area contributed by atoms with Gasteiger partial charge in [-0.05, 0) is 32.8 Å². The Morgan fingerprint density at radius 3 is 2.54 bits per heavy atom. The minimum atomic E-state index is -0.416. The smallest absolute Gasteiger partial charge is 0.315 e. The van der Waals surface area contributed by atoms with Crippen molar-refractivity contribution in [2.75, 3.05) is 6.54 Å². The van der Waals surface area contributed by atoms with Crippen LogP contribution in [0.5, 0.6) is 0 Å². The van der Waals surface area contributed by atoms with Crippen LogP contribution in [0.25, 0.3) is 0 Å². The van der Waals surface area contributed by atoms with Crippen molar-refractivity contribution in [1.82, 2.24) is 15.6 Å². The molecule has 1 aromatic heterocycles.